The summed E-state index contributed by atoms with van der Waals surface area (Å²) >= 11 is 5.95. The molecule has 0 unspecified atom stereocenters. The zero-order valence-electron chi connectivity index (χ0n) is 17.1. The van der Waals surface area contributed by atoms with Gasteiger partial charge >= 0.3 is 0 Å². The van der Waals surface area contributed by atoms with Crippen molar-refractivity contribution in [1.29, 1.82) is 0 Å². The van der Waals surface area contributed by atoms with Crippen LogP contribution in [0, 0.1) is 5.82 Å². The molecule has 4 rings (SSSR count). The van der Waals surface area contributed by atoms with Gasteiger partial charge in [0.15, 0.2) is 0 Å². The molecule has 0 saturated carbocycles. The smallest absolute Gasteiger partial charge is 0.251 e. The van der Waals surface area contributed by atoms with Gasteiger partial charge in [0, 0.05) is 34.6 Å². The lowest BCUT2D eigenvalue weighted by Gasteiger charge is -2.09. The van der Waals surface area contributed by atoms with Crippen LogP contribution >= 0.6 is 11.6 Å². The van der Waals surface area contributed by atoms with Gasteiger partial charge in [-0.25, -0.2) is 14.4 Å². The van der Waals surface area contributed by atoms with Gasteiger partial charge in [-0.15, -0.1) is 0 Å². The van der Waals surface area contributed by atoms with Crippen LogP contribution in [0.25, 0.3) is 11.3 Å². The van der Waals surface area contributed by atoms with Crippen LogP contribution in [0.4, 0.5) is 16.0 Å². The number of amides is 1. The van der Waals surface area contributed by atoms with Crippen molar-refractivity contribution in [2.75, 3.05) is 11.9 Å². The van der Waals surface area contributed by atoms with Crippen molar-refractivity contribution in [3.05, 3.63) is 107 Å². The Balaban J connectivity index is 1.34. The van der Waals surface area contributed by atoms with Gasteiger partial charge in [-0.2, -0.15) is 0 Å². The highest BCUT2D eigenvalue weighted by Crippen LogP contribution is 2.21. The van der Waals surface area contributed by atoms with Crippen LogP contribution in [0.15, 0.2) is 85.1 Å². The van der Waals surface area contributed by atoms with Crippen molar-refractivity contribution in [3.63, 3.8) is 0 Å². The van der Waals surface area contributed by atoms with E-state index in [0.29, 0.717) is 29.5 Å². The zero-order chi connectivity index (χ0) is 22.3. The minimum atomic E-state index is -0.270. The van der Waals surface area contributed by atoms with E-state index in [4.69, 9.17) is 11.6 Å². The first-order valence-electron chi connectivity index (χ1n) is 10.1. The Labute approximate surface area is 190 Å². The summed E-state index contributed by atoms with van der Waals surface area (Å²) in [7, 11) is 0. The van der Waals surface area contributed by atoms with E-state index < -0.39 is 0 Å². The van der Waals surface area contributed by atoms with Crippen molar-refractivity contribution in [2.45, 2.75) is 6.42 Å². The predicted molar refractivity (Wildman–Crippen MR) is 125 cm³/mol. The highest BCUT2D eigenvalue weighted by molar-refractivity contribution is 6.30. The van der Waals surface area contributed by atoms with E-state index in [1.807, 2.05) is 30.3 Å². The predicted octanol–water partition coefficient (Wildman–Crippen LogP) is 5.65. The van der Waals surface area contributed by atoms with Crippen LogP contribution in [0.5, 0.6) is 0 Å². The molecular weight excluding hydrogens is 427 g/mol. The van der Waals surface area contributed by atoms with E-state index in [2.05, 4.69) is 20.6 Å². The lowest BCUT2D eigenvalue weighted by atomic mass is 10.1. The zero-order valence-corrected chi connectivity index (χ0v) is 17.8. The van der Waals surface area contributed by atoms with Crippen molar-refractivity contribution >= 4 is 29.1 Å². The fourth-order valence-electron chi connectivity index (χ4n) is 3.11. The number of carbonyl (C=O) groups excluding carboxylic acids is 1. The molecule has 0 fully saturated rings. The summed E-state index contributed by atoms with van der Waals surface area (Å²) in [6.45, 7) is 0.468. The number of nitrogens with zero attached hydrogens (tertiary/aromatic N) is 2. The topological polar surface area (TPSA) is 66.9 Å². The number of hydrogen-bond donors (Lipinski definition) is 2. The first-order valence-corrected chi connectivity index (χ1v) is 10.4. The van der Waals surface area contributed by atoms with E-state index in [0.717, 1.165) is 22.5 Å². The third-order valence-electron chi connectivity index (χ3n) is 4.81. The van der Waals surface area contributed by atoms with Crippen molar-refractivity contribution in [2.24, 2.45) is 0 Å². The van der Waals surface area contributed by atoms with Crippen LogP contribution in [0.3, 0.4) is 0 Å². The second-order valence-electron chi connectivity index (χ2n) is 7.11. The van der Waals surface area contributed by atoms with E-state index in [-0.39, 0.29) is 11.7 Å². The summed E-state index contributed by atoms with van der Waals surface area (Å²) in [5.41, 5.74) is 3.99. The van der Waals surface area contributed by atoms with Gasteiger partial charge in [-0.05, 0) is 66.6 Å². The van der Waals surface area contributed by atoms with Crippen LogP contribution < -0.4 is 10.6 Å². The Morgan fingerprint density at radius 1 is 0.906 bits per heavy atom. The highest BCUT2D eigenvalue weighted by Gasteiger charge is 2.07. The molecule has 5 nitrogen and oxygen atoms in total. The van der Waals surface area contributed by atoms with Crippen molar-refractivity contribution in [1.82, 2.24) is 15.3 Å². The number of aromatic nitrogens is 2. The SMILES string of the molecule is O=C(NCCc1ccc(F)cc1)c1ccc(Nc2nccc(-c3ccc(Cl)cc3)n2)cc1. The maximum atomic E-state index is 13.0. The lowest BCUT2D eigenvalue weighted by molar-refractivity contribution is 0.0954. The first kappa shape index (κ1) is 21.5. The summed E-state index contributed by atoms with van der Waals surface area (Å²) in [5, 5.41) is 6.69. The molecule has 7 heteroatoms. The molecule has 0 aliphatic rings. The van der Waals surface area contributed by atoms with Gasteiger partial charge in [0.1, 0.15) is 5.82 Å². The van der Waals surface area contributed by atoms with Gasteiger partial charge in [0.05, 0.1) is 5.69 Å². The van der Waals surface area contributed by atoms with Crippen LogP contribution in [-0.4, -0.2) is 22.4 Å². The summed E-state index contributed by atoms with van der Waals surface area (Å²) in [6.07, 6.45) is 2.31. The summed E-state index contributed by atoms with van der Waals surface area (Å²) < 4.78 is 13.0. The van der Waals surface area contributed by atoms with Crippen molar-refractivity contribution in [3.8, 4) is 11.3 Å². The van der Waals surface area contributed by atoms with Gasteiger partial charge in [-0.1, -0.05) is 35.9 Å². The van der Waals surface area contributed by atoms with Gasteiger partial charge < -0.3 is 10.6 Å². The molecule has 0 radical (unpaired) electrons. The molecule has 0 aliphatic heterocycles. The highest BCUT2D eigenvalue weighted by atomic mass is 35.5. The quantitative estimate of drug-likeness (QED) is 0.385. The molecule has 1 heterocycles. The Morgan fingerprint density at radius 2 is 1.62 bits per heavy atom. The molecule has 1 aromatic heterocycles. The summed E-state index contributed by atoms with van der Waals surface area (Å²) in [6, 6.07) is 22.6. The van der Waals surface area contributed by atoms with E-state index >= 15 is 0 Å². The molecule has 3 aromatic carbocycles. The molecule has 2 N–H and O–H groups in total. The number of hydrogen-bond acceptors (Lipinski definition) is 4. The Bertz CT molecular complexity index is 1200. The van der Waals surface area contributed by atoms with Crippen molar-refractivity contribution < 1.29 is 9.18 Å². The molecule has 32 heavy (non-hydrogen) atoms. The van der Waals surface area contributed by atoms with Crippen LogP contribution in [0.2, 0.25) is 5.02 Å². The lowest BCUT2D eigenvalue weighted by Crippen LogP contribution is -2.25. The van der Waals surface area contributed by atoms with Crippen LogP contribution in [-0.2, 0) is 6.42 Å². The molecule has 0 bridgehead atoms. The van der Waals surface area contributed by atoms with Gasteiger partial charge in [0.2, 0.25) is 5.95 Å². The maximum Gasteiger partial charge on any atom is 0.251 e. The number of halogens is 2. The first-order chi connectivity index (χ1) is 15.6. The molecule has 0 aliphatic carbocycles. The average molecular weight is 447 g/mol. The van der Waals surface area contributed by atoms with E-state index in [1.54, 1.807) is 42.6 Å². The number of anilines is 2. The number of benzene rings is 3. The fourth-order valence-corrected chi connectivity index (χ4v) is 3.23. The molecular formula is C25H20ClFN4O. The second kappa shape index (κ2) is 10.0. The molecule has 0 spiro atoms. The molecule has 4 aromatic rings. The maximum absolute atomic E-state index is 13.0. The molecule has 160 valence electrons. The third-order valence-corrected chi connectivity index (χ3v) is 5.06. The minimum absolute atomic E-state index is 0.167. The molecule has 0 atom stereocenters. The Morgan fingerprint density at radius 3 is 2.34 bits per heavy atom. The molecule has 0 saturated heterocycles. The van der Waals surface area contributed by atoms with Crippen LogP contribution in [0.1, 0.15) is 15.9 Å². The molecule has 1 amide bonds. The summed E-state index contributed by atoms with van der Waals surface area (Å²) in [4.78, 5) is 21.1. The average Bonchev–Trinajstić information content (AvgIpc) is 2.81. The van der Waals surface area contributed by atoms with E-state index in [9.17, 15) is 9.18 Å². The number of carbonyl (C=O) groups is 1. The minimum Gasteiger partial charge on any atom is -0.352 e. The largest absolute Gasteiger partial charge is 0.352 e. The third kappa shape index (κ3) is 5.68. The Kier molecular flexibility index (Phi) is 6.72. The fraction of sp³-hybridized carbons (Fsp3) is 0.0800. The van der Waals surface area contributed by atoms with Gasteiger partial charge in [0.25, 0.3) is 5.91 Å². The van der Waals surface area contributed by atoms with Gasteiger partial charge in [-0.3, -0.25) is 4.79 Å². The monoisotopic (exact) mass is 446 g/mol. The summed E-state index contributed by atoms with van der Waals surface area (Å²) in [5.74, 6) is 0.0159. The Hall–Kier alpha value is -3.77. The normalized spacial score (nSPS) is 10.6. The standard InChI is InChI=1S/C25H20ClFN4O/c26-20-7-3-18(4-8-20)23-14-16-29-25(31-23)30-22-11-5-19(6-12-22)24(32)28-15-13-17-1-9-21(27)10-2-17/h1-12,14,16H,13,15H2,(H,28,32)(H,29,30,31). The van der Waals surface area contributed by atoms with E-state index in [1.165, 1.54) is 12.1 Å². The number of nitrogens with one attached hydrogen (secondary N) is 2. The second-order valence-corrected chi connectivity index (χ2v) is 7.54. The number of rotatable bonds is 7.